The van der Waals surface area contributed by atoms with Crippen molar-refractivity contribution in [2.24, 2.45) is 0 Å². The highest BCUT2D eigenvalue weighted by molar-refractivity contribution is 7.89. The molecule has 1 aliphatic heterocycles. The van der Waals surface area contributed by atoms with Crippen LogP contribution in [-0.4, -0.2) is 70.3 Å². The van der Waals surface area contributed by atoms with E-state index in [-0.39, 0.29) is 38.4 Å². The first-order valence-corrected chi connectivity index (χ1v) is 14.4. The first-order chi connectivity index (χ1) is 20.1. The second-order valence-electron chi connectivity index (χ2n) is 10.1. The zero-order chi connectivity index (χ0) is 31.2. The minimum absolute atomic E-state index is 0.00524. The van der Waals surface area contributed by atoms with Crippen molar-refractivity contribution in [2.75, 3.05) is 26.2 Å². The first-order valence-electron chi connectivity index (χ1n) is 13.0. The lowest BCUT2D eigenvalue weighted by Gasteiger charge is -2.34. The highest BCUT2D eigenvalue weighted by atomic mass is 32.2. The Morgan fingerprint density at radius 2 is 1.35 bits per heavy atom. The molecule has 2 aromatic heterocycles. The number of nitrogens with zero attached hydrogens (tertiary/aromatic N) is 4. The zero-order valence-electron chi connectivity index (χ0n) is 22.3. The topological polar surface area (TPSA) is 100 Å². The molecule has 0 bridgehead atoms. The van der Waals surface area contributed by atoms with E-state index in [4.69, 9.17) is 0 Å². The normalized spacial score (nSPS) is 15.8. The van der Waals surface area contributed by atoms with Crippen LogP contribution in [0.4, 0.5) is 26.3 Å². The van der Waals surface area contributed by atoms with Crippen LogP contribution >= 0.6 is 0 Å². The molecule has 1 fully saturated rings. The fourth-order valence-electron chi connectivity index (χ4n) is 5.02. The second-order valence-corrected chi connectivity index (χ2v) is 12.1. The Bertz CT molecular complexity index is 1840. The van der Waals surface area contributed by atoms with Gasteiger partial charge in [-0.1, -0.05) is 42.5 Å². The minimum atomic E-state index is -5.04. The monoisotopic (exact) mass is 629 g/mol. The number of nitrogens with one attached hydrogen (secondary N) is 1. The maximum atomic E-state index is 13.3. The van der Waals surface area contributed by atoms with Gasteiger partial charge in [0.25, 0.3) is 5.56 Å². The van der Waals surface area contributed by atoms with E-state index in [0.717, 1.165) is 11.6 Å². The molecule has 9 nitrogen and oxygen atoms in total. The number of sulfonamides is 1. The van der Waals surface area contributed by atoms with Crippen LogP contribution in [0.1, 0.15) is 5.56 Å². The molecule has 3 heterocycles. The van der Waals surface area contributed by atoms with Gasteiger partial charge >= 0.3 is 18.0 Å². The summed E-state index contributed by atoms with van der Waals surface area (Å²) in [6.07, 6.45) is -10.0. The van der Waals surface area contributed by atoms with Crippen molar-refractivity contribution in [3.63, 3.8) is 0 Å². The molecule has 16 heteroatoms. The van der Waals surface area contributed by atoms with Gasteiger partial charge in [0.1, 0.15) is 18.6 Å². The first kappa shape index (κ1) is 30.6. The van der Waals surface area contributed by atoms with Crippen LogP contribution in [0.3, 0.4) is 0 Å². The predicted molar refractivity (Wildman–Crippen MR) is 145 cm³/mol. The van der Waals surface area contributed by atoms with Gasteiger partial charge in [0.2, 0.25) is 10.0 Å². The van der Waals surface area contributed by atoms with Crippen LogP contribution in [0.15, 0.2) is 75.1 Å². The molecular formula is C27H25F6N5O4S. The summed E-state index contributed by atoms with van der Waals surface area (Å²) < 4.78 is 106. The summed E-state index contributed by atoms with van der Waals surface area (Å²) in [6.45, 7) is -1.74. The molecule has 1 saturated heterocycles. The molecule has 230 valence electrons. The summed E-state index contributed by atoms with van der Waals surface area (Å²) in [4.78, 5) is 29.9. The molecule has 43 heavy (non-hydrogen) atoms. The number of aromatic amines is 1. The van der Waals surface area contributed by atoms with E-state index in [1.165, 1.54) is 28.6 Å². The molecule has 1 N–H and O–H groups in total. The van der Waals surface area contributed by atoms with Gasteiger partial charge in [-0.3, -0.25) is 14.3 Å². The number of piperazine rings is 1. The van der Waals surface area contributed by atoms with Crippen LogP contribution in [0.5, 0.6) is 0 Å². The van der Waals surface area contributed by atoms with Gasteiger partial charge in [0, 0.05) is 38.4 Å². The molecule has 5 rings (SSSR count). The lowest BCUT2D eigenvalue weighted by molar-refractivity contribution is -0.144. The third-order valence-corrected chi connectivity index (χ3v) is 8.98. The van der Waals surface area contributed by atoms with Gasteiger partial charge in [-0.2, -0.15) is 30.6 Å². The molecule has 0 spiro atoms. The van der Waals surface area contributed by atoms with E-state index in [0.29, 0.717) is 19.6 Å². The number of halogens is 6. The minimum Gasteiger partial charge on any atom is -0.349 e. The van der Waals surface area contributed by atoms with Crippen LogP contribution in [0, 0.1) is 0 Å². The highest BCUT2D eigenvalue weighted by Crippen LogP contribution is 2.27. The lowest BCUT2D eigenvalue weighted by Crippen LogP contribution is -2.48. The number of benzene rings is 2. The Morgan fingerprint density at radius 1 is 0.767 bits per heavy atom. The maximum Gasteiger partial charge on any atom is 0.406 e. The summed E-state index contributed by atoms with van der Waals surface area (Å²) >= 11 is 0. The van der Waals surface area contributed by atoms with Crippen molar-refractivity contribution in [3.8, 4) is 11.3 Å². The molecule has 0 saturated carbocycles. The average molecular weight is 630 g/mol. The Kier molecular flexibility index (Phi) is 8.04. The number of hydrogen-bond acceptors (Lipinski definition) is 5. The van der Waals surface area contributed by atoms with Gasteiger partial charge in [0.15, 0.2) is 0 Å². The molecule has 0 aliphatic carbocycles. The quantitative estimate of drug-likeness (QED) is 0.314. The number of fused-ring (bicyclic) bond motifs is 1. The molecule has 0 radical (unpaired) electrons. The van der Waals surface area contributed by atoms with Gasteiger partial charge in [-0.15, -0.1) is 0 Å². The maximum absolute atomic E-state index is 13.3. The second kappa shape index (κ2) is 11.3. The van der Waals surface area contributed by atoms with E-state index in [2.05, 4.69) is 9.88 Å². The number of H-pyrrole nitrogens is 1. The van der Waals surface area contributed by atoms with Crippen molar-refractivity contribution in [2.45, 2.75) is 36.9 Å². The summed E-state index contributed by atoms with van der Waals surface area (Å²) in [7, 11) is -3.88. The molecule has 0 unspecified atom stereocenters. The summed E-state index contributed by atoms with van der Waals surface area (Å²) in [5, 5.41) is 0. The number of hydrogen-bond donors (Lipinski definition) is 1. The van der Waals surface area contributed by atoms with Gasteiger partial charge in [-0.25, -0.2) is 17.8 Å². The third kappa shape index (κ3) is 6.70. The van der Waals surface area contributed by atoms with Gasteiger partial charge in [0.05, 0.1) is 10.4 Å². The Balaban J connectivity index is 1.41. The summed E-state index contributed by atoms with van der Waals surface area (Å²) in [5.74, 6) is 0. The number of rotatable bonds is 7. The van der Waals surface area contributed by atoms with E-state index in [1.54, 1.807) is 0 Å². The van der Waals surface area contributed by atoms with Crippen molar-refractivity contribution in [3.05, 3.63) is 87.1 Å². The smallest absolute Gasteiger partial charge is 0.349 e. The number of alkyl halides is 6. The molecule has 0 atom stereocenters. The SMILES string of the molecule is O=c1c2[nH]c(-c3ccc(S(=O)(=O)N4CCN(Cc5ccccc5)CC4)cc3)cc2n(CC(F)(F)F)c(=O)n1CC(F)(F)F. The van der Waals surface area contributed by atoms with Gasteiger partial charge < -0.3 is 4.98 Å². The van der Waals surface area contributed by atoms with Crippen LogP contribution in [-0.2, 0) is 29.7 Å². The average Bonchev–Trinajstić information content (AvgIpc) is 3.39. The van der Waals surface area contributed by atoms with Crippen LogP contribution in [0.2, 0.25) is 0 Å². The highest BCUT2D eigenvalue weighted by Gasteiger charge is 2.34. The third-order valence-electron chi connectivity index (χ3n) is 7.07. The van der Waals surface area contributed by atoms with Crippen molar-refractivity contribution < 1.29 is 34.8 Å². The Labute approximate surface area is 240 Å². The summed E-state index contributed by atoms with van der Waals surface area (Å²) in [5.41, 5.74) is -3.02. The fourth-order valence-corrected chi connectivity index (χ4v) is 6.44. The van der Waals surface area contributed by atoms with Crippen molar-refractivity contribution in [1.29, 1.82) is 0 Å². The van der Waals surface area contributed by atoms with E-state index < -0.39 is 57.7 Å². The standard InChI is InChI=1S/C27H25F6N5O4S/c28-26(29,30)16-37-22-14-21(34-23(22)24(39)38(25(37)40)17-27(31,32)33)19-6-8-20(9-7-19)43(41,42)36-12-10-35(11-13-36)15-18-4-2-1-3-5-18/h1-9,14,34H,10-13,15-17H2. The number of aromatic nitrogens is 3. The largest absolute Gasteiger partial charge is 0.406 e. The van der Waals surface area contributed by atoms with E-state index in [1.807, 2.05) is 30.3 Å². The molecule has 1 aliphatic rings. The Morgan fingerprint density at radius 3 is 1.93 bits per heavy atom. The molecule has 0 amide bonds. The molecule has 2 aromatic carbocycles. The van der Waals surface area contributed by atoms with Crippen LogP contribution < -0.4 is 11.2 Å². The molecule has 4 aromatic rings. The van der Waals surface area contributed by atoms with Crippen molar-refractivity contribution in [1.82, 2.24) is 23.3 Å². The van der Waals surface area contributed by atoms with E-state index in [9.17, 15) is 44.3 Å². The van der Waals surface area contributed by atoms with Crippen molar-refractivity contribution >= 4 is 21.1 Å². The van der Waals surface area contributed by atoms with E-state index >= 15 is 0 Å². The lowest BCUT2D eigenvalue weighted by atomic mass is 10.1. The summed E-state index contributed by atoms with van der Waals surface area (Å²) in [6, 6.07) is 16.1. The fraction of sp³-hybridized carbons (Fsp3) is 0.333. The van der Waals surface area contributed by atoms with Gasteiger partial charge in [-0.05, 0) is 29.3 Å². The predicted octanol–water partition coefficient (Wildman–Crippen LogP) is 3.79. The molecular weight excluding hydrogens is 604 g/mol. The Hall–Kier alpha value is -3.89. The van der Waals surface area contributed by atoms with Crippen LogP contribution in [0.25, 0.3) is 22.3 Å². The zero-order valence-corrected chi connectivity index (χ0v) is 23.1.